The van der Waals surface area contributed by atoms with E-state index in [1.165, 1.54) is 11.1 Å². The van der Waals surface area contributed by atoms with E-state index in [1.54, 1.807) is 0 Å². The summed E-state index contributed by atoms with van der Waals surface area (Å²) >= 11 is 0. The lowest BCUT2D eigenvalue weighted by Gasteiger charge is -2.38. The summed E-state index contributed by atoms with van der Waals surface area (Å²) in [5.41, 5.74) is 3.56. The fourth-order valence-electron chi connectivity index (χ4n) is 2.17. The van der Waals surface area contributed by atoms with Gasteiger partial charge in [0.25, 0.3) is 8.32 Å². The summed E-state index contributed by atoms with van der Waals surface area (Å²) < 4.78 is 6.72. The van der Waals surface area contributed by atoms with Crippen molar-refractivity contribution in [3.05, 3.63) is 71.8 Å². The number of benzene rings is 2. The van der Waals surface area contributed by atoms with Crippen LogP contribution in [0.25, 0.3) is 11.3 Å². The molecule has 0 bridgehead atoms. The number of rotatable bonds is 4. The predicted octanol–water partition coefficient (Wildman–Crippen LogP) is 6.60. The van der Waals surface area contributed by atoms with Crippen LogP contribution in [-0.2, 0) is 4.43 Å². The Hall–Kier alpha value is -1.80. The quantitative estimate of drug-likeness (QED) is 0.350. The van der Waals surface area contributed by atoms with Gasteiger partial charge in [0.2, 0.25) is 0 Å². The smallest absolute Gasteiger partial charge is 0.250 e. The first-order chi connectivity index (χ1) is 10.7. The molecule has 0 saturated carbocycles. The maximum absolute atomic E-state index is 6.72. The monoisotopic (exact) mass is 324 g/mol. The molecule has 23 heavy (non-hydrogen) atoms. The lowest BCUT2D eigenvalue weighted by molar-refractivity contribution is 0.459. The van der Waals surface area contributed by atoms with Crippen LogP contribution in [0.5, 0.6) is 0 Å². The van der Waals surface area contributed by atoms with Crippen molar-refractivity contribution in [1.29, 1.82) is 0 Å². The second kappa shape index (κ2) is 6.75. The third-order valence-electron chi connectivity index (χ3n) is 4.75. The fraction of sp³-hybridized carbons (Fsp3) is 0.333. The third kappa shape index (κ3) is 4.14. The molecule has 2 aromatic rings. The van der Waals surface area contributed by atoms with E-state index < -0.39 is 8.32 Å². The molecular formula is C21H28OSi. The number of allylic oxidation sites excluding steroid dienone is 1. The first-order valence-corrected chi connectivity index (χ1v) is 11.1. The number of hydrogen-bond donors (Lipinski definition) is 0. The van der Waals surface area contributed by atoms with E-state index in [1.807, 2.05) is 12.1 Å². The van der Waals surface area contributed by atoms with Gasteiger partial charge in [-0.25, -0.2) is 0 Å². The van der Waals surface area contributed by atoms with E-state index in [4.69, 9.17) is 4.43 Å². The van der Waals surface area contributed by atoms with Gasteiger partial charge >= 0.3 is 0 Å². The standard InChI is InChI=1S/C21H28OSi/c1-17(18-13-9-7-10-14-18)20(19-15-11-8-12-16-19)22-23(5,6)21(2,3)4/h7-16H,1-6H3/b20-17+. The maximum atomic E-state index is 6.72. The van der Waals surface area contributed by atoms with Crippen molar-refractivity contribution in [2.45, 2.75) is 45.8 Å². The van der Waals surface area contributed by atoms with E-state index >= 15 is 0 Å². The van der Waals surface area contributed by atoms with Crippen LogP contribution in [0.4, 0.5) is 0 Å². The summed E-state index contributed by atoms with van der Waals surface area (Å²) in [6.45, 7) is 13.6. The molecule has 122 valence electrons. The minimum Gasteiger partial charge on any atom is -0.543 e. The molecule has 0 aliphatic heterocycles. The molecule has 0 aliphatic rings. The lowest BCUT2D eigenvalue weighted by Crippen LogP contribution is -2.40. The Balaban J connectivity index is 2.54. The van der Waals surface area contributed by atoms with Crippen LogP contribution in [0.15, 0.2) is 60.7 Å². The second-order valence-electron chi connectivity index (χ2n) is 7.55. The minimum atomic E-state index is -1.90. The van der Waals surface area contributed by atoms with E-state index in [9.17, 15) is 0 Å². The Labute approximate surface area is 142 Å². The fourth-order valence-corrected chi connectivity index (χ4v) is 3.26. The molecular weight excluding hydrogens is 296 g/mol. The van der Waals surface area contributed by atoms with Crippen LogP contribution >= 0.6 is 0 Å². The van der Waals surface area contributed by atoms with E-state index in [2.05, 4.69) is 89.3 Å². The van der Waals surface area contributed by atoms with Gasteiger partial charge in [0, 0.05) is 5.56 Å². The number of hydrogen-bond acceptors (Lipinski definition) is 1. The molecule has 0 unspecified atom stereocenters. The molecule has 0 aliphatic carbocycles. The third-order valence-corrected chi connectivity index (χ3v) is 9.07. The summed E-state index contributed by atoms with van der Waals surface area (Å²) in [5, 5.41) is 0.171. The van der Waals surface area contributed by atoms with Gasteiger partial charge < -0.3 is 4.43 Å². The van der Waals surface area contributed by atoms with Crippen molar-refractivity contribution in [3.63, 3.8) is 0 Å². The molecule has 2 aromatic carbocycles. The van der Waals surface area contributed by atoms with Gasteiger partial charge in [-0.1, -0.05) is 81.4 Å². The molecule has 2 heteroatoms. The van der Waals surface area contributed by atoms with E-state index in [0.717, 1.165) is 11.3 Å². The highest BCUT2D eigenvalue weighted by atomic mass is 28.4. The molecule has 0 saturated heterocycles. The SMILES string of the molecule is C/C(=C(\O[Si](C)(C)C(C)(C)C)c1ccccc1)c1ccccc1. The zero-order valence-electron chi connectivity index (χ0n) is 15.2. The minimum absolute atomic E-state index is 0.171. The Kier molecular flexibility index (Phi) is 5.15. The Bertz CT molecular complexity index is 664. The highest BCUT2D eigenvalue weighted by Gasteiger charge is 2.39. The summed E-state index contributed by atoms with van der Waals surface area (Å²) in [5.74, 6) is 1.02. The van der Waals surface area contributed by atoms with Gasteiger partial charge in [-0.3, -0.25) is 0 Å². The largest absolute Gasteiger partial charge is 0.543 e. The normalized spacial score (nSPS) is 13.5. The average molecular weight is 325 g/mol. The molecule has 0 aromatic heterocycles. The van der Waals surface area contributed by atoms with E-state index in [0.29, 0.717) is 0 Å². The van der Waals surface area contributed by atoms with Crippen molar-refractivity contribution in [3.8, 4) is 0 Å². The van der Waals surface area contributed by atoms with Gasteiger partial charge in [0.1, 0.15) is 5.76 Å². The zero-order chi connectivity index (χ0) is 17.1. The predicted molar refractivity (Wildman–Crippen MR) is 104 cm³/mol. The van der Waals surface area contributed by atoms with E-state index in [-0.39, 0.29) is 5.04 Å². The highest BCUT2D eigenvalue weighted by molar-refractivity contribution is 6.74. The molecule has 0 atom stereocenters. The van der Waals surface area contributed by atoms with Crippen LogP contribution in [0.1, 0.15) is 38.8 Å². The topological polar surface area (TPSA) is 9.23 Å². The maximum Gasteiger partial charge on any atom is 0.250 e. The molecule has 0 amide bonds. The van der Waals surface area contributed by atoms with Gasteiger partial charge in [0.05, 0.1) is 0 Å². The first-order valence-electron chi connectivity index (χ1n) is 8.23. The van der Waals surface area contributed by atoms with Gasteiger partial charge in [0.15, 0.2) is 0 Å². The van der Waals surface area contributed by atoms with Crippen molar-refractivity contribution in [2.75, 3.05) is 0 Å². The van der Waals surface area contributed by atoms with Gasteiger partial charge in [-0.05, 0) is 36.2 Å². The Morgan fingerprint density at radius 2 is 1.22 bits per heavy atom. The van der Waals surface area contributed by atoms with Gasteiger partial charge in [-0.15, -0.1) is 0 Å². The summed E-state index contributed by atoms with van der Waals surface area (Å²) in [6, 6.07) is 21.0. The van der Waals surface area contributed by atoms with Crippen molar-refractivity contribution < 1.29 is 4.43 Å². The van der Waals surface area contributed by atoms with Crippen LogP contribution in [0, 0.1) is 0 Å². The second-order valence-corrected chi connectivity index (χ2v) is 12.3. The van der Waals surface area contributed by atoms with Crippen LogP contribution < -0.4 is 0 Å². The molecule has 0 fully saturated rings. The molecule has 1 nitrogen and oxygen atoms in total. The summed E-state index contributed by atoms with van der Waals surface area (Å²) in [4.78, 5) is 0. The molecule has 0 radical (unpaired) electrons. The van der Waals surface area contributed by atoms with Gasteiger partial charge in [-0.2, -0.15) is 0 Å². The first kappa shape index (κ1) is 17.5. The molecule has 2 rings (SSSR count). The zero-order valence-corrected chi connectivity index (χ0v) is 16.2. The summed E-state index contributed by atoms with van der Waals surface area (Å²) in [6.07, 6.45) is 0. The van der Waals surface area contributed by atoms with Crippen molar-refractivity contribution in [2.24, 2.45) is 0 Å². The van der Waals surface area contributed by atoms with Crippen LogP contribution in [0.3, 0.4) is 0 Å². The van der Waals surface area contributed by atoms with Crippen LogP contribution in [0.2, 0.25) is 18.1 Å². The highest BCUT2D eigenvalue weighted by Crippen LogP contribution is 2.41. The van der Waals surface area contributed by atoms with Crippen LogP contribution in [-0.4, -0.2) is 8.32 Å². The van der Waals surface area contributed by atoms with Crippen molar-refractivity contribution >= 4 is 19.6 Å². The average Bonchev–Trinajstić information content (AvgIpc) is 2.52. The lowest BCUT2D eigenvalue weighted by atomic mass is 10.0. The summed E-state index contributed by atoms with van der Waals surface area (Å²) in [7, 11) is -1.90. The Morgan fingerprint density at radius 1 is 0.783 bits per heavy atom. The molecule has 0 heterocycles. The molecule has 0 spiro atoms. The van der Waals surface area contributed by atoms with Crippen molar-refractivity contribution in [1.82, 2.24) is 0 Å². The molecule has 0 N–H and O–H groups in total. The Morgan fingerprint density at radius 3 is 1.65 bits per heavy atom.